The first kappa shape index (κ1) is 31.2. The van der Waals surface area contributed by atoms with E-state index in [1.807, 2.05) is 86.8 Å². The van der Waals surface area contributed by atoms with E-state index in [1.54, 1.807) is 6.20 Å². The first-order valence-corrected chi connectivity index (χ1v) is 22.3. The molecule has 3 aromatic heterocycles. The van der Waals surface area contributed by atoms with Crippen LogP contribution in [0.3, 0.4) is 0 Å². The number of furan rings is 1. The van der Waals surface area contributed by atoms with Crippen molar-refractivity contribution in [1.82, 2.24) is 9.97 Å². The molecule has 3 nitrogen and oxygen atoms in total. The van der Waals surface area contributed by atoms with E-state index in [4.69, 9.17) is 5.79 Å². The number of pyridine rings is 2. The number of aromatic nitrogens is 2. The van der Waals surface area contributed by atoms with E-state index >= 15 is 0 Å². The van der Waals surface area contributed by atoms with Gasteiger partial charge in [0.05, 0.1) is 5.58 Å². The summed E-state index contributed by atoms with van der Waals surface area (Å²) in [6.07, 6.45) is 3.79. The fourth-order valence-electron chi connectivity index (χ4n) is 5.10. The van der Waals surface area contributed by atoms with Gasteiger partial charge in [0, 0.05) is 27.7 Å². The monoisotopic (exact) mass is 828 g/mol. The van der Waals surface area contributed by atoms with Crippen molar-refractivity contribution in [3.63, 3.8) is 0 Å². The largest absolute Gasteiger partial charge is 0 e. The summed E-state index contributed by atoms with van der Waals surface area (Å²) in [4.78, 5) is 9.01. The molecule has 7 rings (SSSR count). The molecule has 1 radical (unpaired) electrons. The normalized spacial score (nSPS) is 11.8. The number of fused-ring (bicyclic) bond motifs is 3. The Morgan fingerprint density at radius 2 is 1.53 bits per heavy atom. The third kappa shape index (κ3) is 7.53. The Kier molecular flexibility index (Phi) is 9.75. The van der Waals surface area contributed by atoms with E-state index in [-0.39, 0.29) is 20.1 Å². The average Bonchev–Trinajstić information content (AvgIpc) is 3.42. The molecule has 0 spiro atoms. The van der Waals surface area contributed by atoms with Gasteiger partial charge < -0.3 is 9.40 Å². The van der Waals surface area contributed by atoms with Crippen molar-refractivity contribution in [2.75, 3.05) is 0 Å². The van der Waals surface area contributed by atoms with Crippen LogP contribution in [0.25, 0.3) is 55.6 Å². The Morgan fingerprint density at radius 1 is 0.733 bits per heavy atom. The Morgan fingerprint density at radius 3 is 2.22 bits per heavy atom. The van der Waals surface area contributed by atoms with Gasteiger partial charge in [0.15, 0.2) is 0 Å². The van der Waals surface area contributed by atoms with Crippen LogP contribution in [-0.4, -0.2) is 23.2 Å². The van der Waals surface area contributed by atoms with Crippen LogP contribution in [0.15, 0.2) is 126 Å². The van der Waals surface area contributed by atoms with E-state index in [1.165, 1.54) is 9.96 Å². The van der Waals surface area contributed by atoms with Gasteiger partial charge in [-0.25, -0.2) is 0 Å². The molecule has 0 amide bonds. The van der Waals surface area contributed by atoms with E-state index in [0.29, 0.717) is 0 Å². The second kappa shape index (κ2) is 14.1. The SMILES string of the molecule is [2H]C(C)(C)c1ccnc(-c2[c-]c3oc4ccc(-c5ccccc5)cc4c3cc2)c1.[CH3][Ge]([CH3])([CH3])[c]1ccc(-c2[c-]cccc2)nc1.[Ir]. The maximum Gasteiger partial charge on any atom is 0 e. The first-order valence-electron chi connectivity index (χ1n) is 15.4. The van der Waals surface area contributed by atoms with Crippen molar-refractivity contribution in [3.05, 3.63) is 139 Å². The summed E-state index contributed by atoms with van der Waals surface area (Å²) in [7, 11) is 0. The minimum absolute atomic E-state index is 0. The molecule has 0 N–H and O–H groups in total. The van der Waals surface area contributed by atoms with Crippen LogP contribution in [0.5, 0.6) is 0 Å². The molecule has 227 valence electrons. The Labute approximate surface area is 283 Å². The summed E-state index contributed by atoms with van der Waals surface area (Å²) in [6.45, 7) is 3.76. The average molecular weight is 827 g/mol. The van der Waals surface area contributed by atoms with Crippen LogP contribution >= 0.6 is 0 Å². The van der Waals surface area contributed by atoms with Gasteiger partial charge in [-0.1, -0.05) is 79.4 Å². The molecule has 0 saturated carbocycles. The van der Waals surface area contributed by atoms with Crippen LogP contribution in [0.4, 0.5) is 0 Å². The zero-order valence-electron chi connectivity index (χ0n) is 27.2. The van der Waals surface area contributed by atoms with Crippen LogP contribution in [0.1, 0.15) is 26.7 Å². The van der Waals surface area contributed by atoms with E-state index in [2.05, 4.69) is 81.8 Å². The smallest absolute Gasteiger partial charge is 0 e. The molecule has 45 heavy (non-hydrogen) atoms. The van der Waals surface area contributed by atoms with Gasteiger partial charge in [-0.2, -0.15) is 0 Å². The third-order valence-electron chi connectivity index (χ3n) is 7.73. The number of hydrogen-bond donors (Lipinski definition) is 0. The molecule has 7 aromatic rings. The van der Waals surface area contributed by atoms with Crippen LogP contribution in [0.2, 0.25) is 17.3 Å². The van der Waals surface area contributed by atoms with E-state index < -0.39 is 19.2 Å². The van der Waals surface area contributed by atoms with Gasteiger partial charge in [0.1, 0.15) is 5.58 Å². The predicted octanol–water partition coefficient (Wildman–Crippen LogP) is 10.3. The zero-order valence-corrected chi connectivity index (χ0v) is 30.7. The number of nitrogens with zero attached hydrogens (tertiary/aromatic N) is 2. The molecule has 0 saturated heterocycles. The zero-order chi connectivity index (χ0) is 31.6. The molecular formula is C40H36GeIrN2O-2. The number of benzene rings is 4. The van der Waals surface area contributed by atoms with Gasteiger partial charge in [0.2, 0.25) is 0 Å². The van der Waals surface area contributed by atoms with Gasteiger partial charge in [-0.3, -0.25) is 0 Å². The molecule has 0 unspecified atom stereocenters. The van der Waals surface area contributed by atoms with Crippen molar-refractivity contribution < 1.29 is 25.9 Å². The Balaban J connectivity index is 0.000000209. The summed E-state index contributed by atoms with van der Waals surface area (Å²) in [5.41, 5.74) is 8.59. The fraction of sp³-hybridized carbons (Fsp3) is 0.150. The minimum Gasteiger partial charge on any atom is 0 e. The Hall–Kier alpha value is -3.83. The fourth-order valence-corrected chi connectivity index (χ4v) is 7.28. The van der Waals surface area contributed by atoms with Crippen molar-refractivity contribution in [2.45, 2.75) is 37.0 Å². The number of hydrogen-bond acceptors (Lipinski definition) is 3. The standard InChI is InChI=1S/C26H20NO.C14H16GeN.Ir/c1-17(2)19-12-13-27-24(15-19)21-8-10-22-23-14-20(18-6-4-3-5-7-18)9-11-25(23)28-26(22)16-21;1-15(2,3)13-9-10-14(16-11-13)12-7-5-4-6-8-12;/h3-15,17H,1-2H3;4-7,9-11H,1-3H3;/q2*-1;/i17D;;. The second-order valence-electron chi connectivity index (χ2n) is 12.2. The quantitative estimate of drug-likeness (QED) is 0.128. The summed E-state index contributed by atoms with van der Waals surface area (Å²) in [6, 6.07) is 43.4. The van der Waals surface area contributed by atoms with Gasteiger partial charge in [-0.15, -0.1) is 17.7 Å². The van der Waals surface area contributed by atoms with Crippen molar-refractivity contribution in [2.24, 2.45) is 0 Å². The summed E-state index contributed by atoms with van der Waals surface area (Å²) < 4.78 is 15.8. The second-order valence-corrected chi connectivity index (χ2v) is 22.8. The predicted molar refractivity (Wildman–Crippen MR) is 187 cm³/mol. The molecule has 5 heteroatoms. The van der Waals surface area contributed by atoms with E-state index in [0.717, 1.165) is 55.6 Å². The number of rotatable bonds is 5. The molecule has 3 heterocycles. The molecule has 0 aliphatic carbocycles. The molecule has 4 aromatic carbocycles. The molecule has 0 aliphatic heterocycles. The maximum atomic E-state index is 8.27. The van der Waals surface area contributed by atoms with Crippen molar-refractivity contribution in [3.8, 4) is 33.6 Å². The first-order chi connectivity index (χ1) is 21.6. The molecule has 0 bridgehead atoms. The van der Waals surface area contributed by atoms with E-state index in [9.17, 15) is 0 Å². The molecule has 0 fully saturated rings. The molecular weight excluding hydrogens is 789 g/mol. The molecule has 0 atom stereocenters. The summed E-state index contributed by atoms with van der Waals surface area (Å²) in [5, 5.41) is 2.12. The summed E-state index contributed by atoms with van der Waals surface area (Å²) >= 11 is -1.72. The minimum atomic E-state index is -1.72. The van der Waals surface area contributed by atoms with Crippen LogP contribution < -0.4 is 4.40 Å². The van der Waals surface area contributed by atoms with Gasteiger partial charge in [0.25, 0.3) is 0 Å². The van der Waals surface area contributed by atoms with Gasteiger partial charge in [-0.05, 0) is 40.2 Å². The third-order valence-corrected chi connectivity index (χ3v) is 12.0. The maximum absolute atomic E-state index is 8.27. The van der Waals surface area contributed by atoms with Crippen molar-refractivity contribution >= 4 is 39.6 Å². The molecule has 0 aliphatic rings. The van der Waals surface area contributed by atoms with Crippen LogP contribution in [-0.2, 0) is 20.1 Å². The van der Waals surface area contributed by atoms with Crippen molar-refractivity contribution in [1.29, 1.82) is 0 Å². The summed E-state index contributed by atoms with van der Waals surface area (Å²) in [5.74, 6) is 6.47. The van der Waals surface area contributed by atoms with Gasteiger partial charge >= 0.3 is 99.8 Å². The Bertz CT molecular complexity index is 2060. The van der Waals surface area contributed by atoms with Crippen LogP contribution in [0, 0.1) is 12.1 Å². The topological polar surface area (TPSA) is 38.9 Å².